The third-order valence-corrected chi connectivity index (χ3v) is 4.15. The highest BCUT2D eigenvalue weighted by Gasteiger charge is 2.12. The predicted octanol–water partition coefficient (Wildman–Crippen LogP) is 3.25. The summed E-state index contributed by atoms with van der Waals surface area (Å²) in [7, 11) is 3.60. The van der Waals surface area contributed by atoms with Gasteiger partial charge in [0.05, 0.1) is 19.4 Å². The van der Waals surface area contributed by atoms with Crippen LogP contribution in [-0.2, 0) is 6.54 Å². The van der Waals surface area contributed by atoms with Gasteiger partial charge in [-0.2, -0.15) is 0 Å². The van der Waals surface area contributed by atoms with Crippen molar-refractivity contribution in [2.45, 2.75) is 20.4 Å². The monoisotopic (exact) mass is 292 g/mol. The molecule has 2 rings (SSSR count). The minimum absolute atomic E-state index is 0.623. The molecule has 0 saturated carbocycles. The molecule has 20 heavy (non-hydrogen) atoms. The Morgan fingerprint density at radius 3 is 2.75 bits per heavy atom. The van der Waals surface area contributed by atoms with E-state index in [1.165, 1.54) is 4.88 Å². The lowest BCUT2D eigenvalue weighted by molar-refractivity contribution is 0.311. The molecule has 0 radical (unpaired) electrons. The number of ether oxygens (including phenoxy) is 2. The van der Waals surface area contributed by atoms with Crippen molar-refractivity contribution in [1.82, 2.24) is 10.3 Å². The molecule has 108 valence electrons. The summed E-state index contributed by atoms with van der Waals surface area (Å²) >= 11 is 1.71. The van der Waals surface area contributed by atoms with Crippen LogP contribution in [0, 0.1) is 6.92 Å². The van der Waals surface area contributed by atoms with Crippen LogP contribution in [0.2, 0.25) is 0 Å². The quantitative estimate of drug-likeness (QED) is 0.887. The fourth-order valence-corrected chi connectivity index (χ4v) is 3.02. The molecule has 0 bridgehead atoms. The minimum atomic E-state index is 0.623. The average molecular weight is 292 g/mol. The molecule has 0 spiro atoms. The van der Waals surface area contributed by atoms with Gasteiger partial charge >= 0.3 is 0 Å². The van der Waals surface area contributed by atoms with Crippen molar-refractivity contribution in [2.24, 2.45) is 0 Å². The van der Waals surface area contributed by atoms with Gasteiger partial charge in [-0.1, -0.05) is 0 Å². The number of thiazole rings is 1. The molecule has 1 aromatic heterocycles. The first-order valence-corrected chi connectivity index (χ1v) is 7.43. The van der Waals surface area contributed by atoms with Gasteiger partial charge in [0.25, 0.3) is 0 Å². The molecule has 0 fully saturated rings. The zero-order chi connectivity index (χ0) is 14.5. The number of aromatic nitrogens is 1. The van der Waals surface area contributed by atoms with Crippen molar-refractivity contribution in [3.8, 4) is 22.1 Å². The zero-order valence-corrected chi connectivity index (χ0v) is 13.1. The summed E-state index contributed by atoms with van der Waals surface area (Å²) in [5, 5.41) is 4.17. The Kier molecular flexibility index (Phi) is 4.98. The second-order valence-corrected chi connectivity index (χ2v) is 5.44. The summed E-state index contributed by atoms with van der Waals surface area (Å²) < 4.78 is 10.9. The molecule has 2 aromatic rings. The number of hydrogen-bond acceptors (Lipinski definition) is 5. The van der Waals surface area contributed by atoms with E-state index in [4.69, 9.17) is 9.47 Å². The van der Waals surface area contributed by atoms with E-state index in [1.807, 2.05) is 39.1 Å². The molecule has 0 aliphatic carbocycles. The van der Waals surface area contributed by atoms with Crippen molar-refractivity contribution >= 4 is 11.3 Å². The number of aryl methyl sites for hydroxylation is 1. The van der Waals surface area contributed by atoms with E-state index in [1.54, 1.807) is 18.4 Å². The van der Waals surface area contributed by atoms with Crippen molar-refractivity contribution in [3.05, 3.63) is 28.8 Å². The lowest BCUT2D eigenvalue weighted by Gasteiger charge is -2.09. The third kappa shape index (κ3) is 3.11. The van der Waals surface area contributed by atoms with Gasteiger partial charge in [0.1, 0.15) is 5.01 Å². The molecule has 0 saturated heterocycles. The highest BCUT2D eigenvalue weighted by molar-refractivity contribution is 7.15. The van der Waals surface area contributed by atoms with Crippen molar-refractivity contribution in [2.75, 3.05) is 20.8 Å². The molecule has 0 amide bonds. The first kappa shape index (κ1) is 14.8. The van der Waals surface area contributed by atoms with Crippen LogP contribution in [0.3, 0.4) is 0 Å². The van der Waals surface area contributed by atoms with E-state index in [9.17, 15) is 0 Å². The molecule has 0 atom stereocenters. The van der Waals surface area contributed by atoms with Gasteiger partial charge in [-0.3, -0.25) is 0 Å². The summed E-state index contributed by atoms with van der Waals surface area (Å²) in [6.07, 6.45) is 0. The number of rotatable bonds is 6. The molecule has 4 nitrogen and oxygen atoms in total. The van der Waals surface area contributed by atoms with Gasteiger partial charge < -0.3 is 14.8 Å². The second kappa shape index (κ2) is 6.72. The van der Waals surface area contributed by atoms with Gasteiger partial charge in [-0.25, -0.2) is 4.98 Å². The van der Waals surface area contributed by atoms with Crippen LogP contribution in [0.5, 0.6) is 11.5 Å². The van der Waals surface area contributed by atoms with E-state index in [2.05, 4.69) is 10.3 Å². The molecule has 1 heterocycles. The molecule has 1 N–H and O–H groups in total. The third-order valence-electron chi connectivity index (χ3n) is 2.94. The SMILES string of the molecule is CCOc1ccc(-c2nc(C)c(CNC)s2)cc1OC. The standard InChI is InChI=1S/C15H20N2O2S/c1-5-19-12-7-6-11(8-13(12)18-4)15-17-10(2)14(20-15)9-16-3/h6-8,16H,5,9H2,1-4H3. The number of nitrogens with zero attached hydrogens (tertiary/aromatic N) is 1. The average Bonchev–Trinajstić information content (AvgIpc) is 2.81. The van der Waals surface area contributed by atoms with Crippen molar-refractivity contribution in [1.29, 1.82) is 0 Å². The van der Waals surface area contributed by atoms with Gasteiger partial charge in [0, 0.05) is 17.0 Å². The molecule has 0 unspecified atom stereocenters. The highest BCUT2D eigenvalue weighted by Crippen LogP contribution is 2.35. The maximum Gasteiger partial charge on any atom is 0.161 e. The molecule has 5 heteroatoms. The van der Waals surface area contributed by atoms with Gasteiger partial charge in [0.2, 0.25) is 0 Å². The van der Waals surface area contributed by atoms with Gasteiger partial charge in [0.15, 0.2) is 11.5 Å². The Morgan fingerprint density at radius 1 is 1.30 bits per heavy atom. The van der Waals surface area contributed by atoms with Crippen LogP contribution in [0.25, 0.3) is 10.6 Å². The topological polar surface area (TPSA) is 43.4 Å². The Balaban J connectivity index is 2.35. The maximum absolute atomic E-state index is 5.53. The number of benzene rings is 1. The fourth-order valence-electron chi connectivity index (χ4n) is 1.95. The van der Waals surface area contributed by atoms with Crippen LogP contribution >= 0.6 is 11.3 Å². The Labute approximate surface area is 123 Å². The molecule has 1 aromatic carbocycles. The van der Waals surface area contributed by atoms with E-state index in [-0.39, 0.29) is 0 Å². The smallest absolute Gasteiger partial charge is 0.161 e. The van der Waals surface area contributed by atoms with Crippen LogP contribution in [0.1, 0.15) is 17.5 Å². The first-order valence-electron chi connectivity index (χ1n) is 6.61. The minimum Gasteiger partial charge on any atom is -0.493 e. The van der Waals surface area contributed by atoms with Crippen LogP contribution < -0.4 is 14.8 Å². The normalized spacial score (nSPS) is 10.6. The maximum atomic E-state index is 5.53. The fraction of sp³-hybridized carbons (Fsp3) is 0.400. The van der Waals surface area contributed by atoms with Crippen LogP contribution in [0.4, 0.5) is 0 Å². The summed E-state index contributed by atoms with van der Waals surface area (Å²) in [5.41, 5.74) is 2.13. The number of methoxy groups -OCH3 is 1. The predicted molar refractivity (Wildman–Crippen MR) is 82.8 cm³/mol. The summed E-state index contributed by atoms with van der Waals surface area (Å²) in [6.45, 7) is 5.47. The second-order valence-electron chi connectivity index (χ2n) is 4.36. The highest BCUT2D eigenvalue weighted by atomic mass is 32.1. The summed E-state index contributed by atoms with van der Waals surface area (Å²) in [5.74, 6) is 1.51. The Hall–Kier alpha value is -1.59. The number of nitrogens with one attached hydrogen (secondary N) is 1. The first-order chi connectivity index (χ1) is 9.69. The molecule has 0 aliphatic rings. The van der Waals surface area contributed by atoms with Gasteiger partial charge in [-0.15, -0.1) is 11.3 Å². The lowest BCUT2D eigenvalue weighted by atomic mass is 10.2. The summed E-state index contributed by atoms with van der Waals surface area (Å²) in [4.78, 5) is 5.89. The number of hydrogen-bond donors (Lipinski definition) is 1. The van der Waals surface area contributed by atoms with E-state index < -0.39 is 0 Å². The molecule has 0 aliphatic heterocycles. The Bertz CT molecular complexity index is 581. The van der Waals surface area contributed by atoms with Crippen LogP contribution in [0.15, 0.2) is 18.2 Å². The lowest BCUT2D eigenvalue weighted by Crippen LogP contribution is -2.04. The largest absolute Gasteiger partial charge is 0.493 e. The van der Waals surface area contributed by atoms with Crippen molar-refractivity contribution in [3.63, 3.8) is 0 Å². The van der Waals surface area contributed by atoms with E-state index in [0.717, 1.165) is 34.3 Å². The van der Waals surface area contributed by atoms with E-state index >= 15 is 0 Å². The summed E-state index contributed by atoms with van der Waals surface area (Å²) in [6, 6.07) is 5.94. The zero-order valence-electron chi connectivity index (χ0n) is 12.3. The molecular weight excluding hydrogens is 272 g/mol. The van der Waals surface area contributed by atoms with Crippen LogP contribution in [-0.4, -0.2) is 25.7 Å². The van der Waals surface area contributed by atoms with Crippen molar-refractivity contribution < 1.29 is 9.47 Å². The van der Waals surface area contributed by atoms with Gasteiger partial charge in [-0.05, 0) is 39.1 Å². The molecular formula is C15H20N2O2S. The van der Waals surface area contributed by atoms with E-state index in [0.29, 0.717) is 6.61 Å². The Morgan fingerprint density at radius 2 is 2.10 bits per heavy atom.